The molecule has 0 saturated carbocycles. The Morgan fingerprint density at radius 1 is 1.28 bits per heavy atom. The van der Waals surface area contributed by atoms with E-state index < -0.39 is 5.82 Å². The molecule has 2 N–H and O–H groups in total. The molecule has 18 heavy (non-hydrogen) atoms. The Balaban J connectivity index is 2.21. The second-order valence-corrected chi connectivity index (χ2v) is 4.75. The van der Waals surface area contributed by atoms with E-state index in [0.717, 1.165) is 11.8 Å². The summed E-state index contributed by atoms with van der Waals surface area (Å²) in [5, 5.41) is 0.970. The van der Waals surface area contributed by atoms with Crippen LogP contribution in [0.4, 0.5) is 4.39 Å². The molecule has 1 unspecified atom stereocenters. The van der Waals surface area contributed by atoms with Crippen LogP contribution in [0, 0.1) is 5.82 Å². The van der Waals surface area contributed by atoms with Gasteiger partial charge in [0.05, 0.1) is 16.2 Å². The highest BCUT2D eigenvalue weighted by Gasteiger charge is 2.12. The van der Waals surface area contributed by atoms with Crippen LogP contribution in [-0.4, -0.2) is 4.98 Å². The van der Waals surface area contributed by atoms with Crippen LogP contribution in [0.15, 0.2) is 36.7 Å². The number of nitrogens with two attached hydrogens (primary N) is 1. The zero-order valence-electron chi connectivity index (χ0n) is 9.41. The first-order valence-electron chi connectivity index (χ1n) is 5.37. The lowest BCUT2D eigenvalue weighted by Gasteiger charge is -2.13. The number of hydrogen-bond donors (Lipinski definition) is 1. The minimum Gasteiger partial charge on any atom is -0.324 e. The van der Waals surface area contributed by atoms with Gasteiger partial charge in [-0.05, 0) is 29.7 Å². The molecular formula is C13H11Cl2FN2. The van der Waals surface area contributed by atoms with Gasteiger partial charge in [-0.25, -0.2) is 4.39 Å². The van der Waals surface area contributed by atoms with Crippen LogP contribution < -0.4 is 5.73 Å². The third-order valence-corrected chi connectivity index (χ3v) is 3.48. The molecule has 0 spiro atoms. The van der Waals surface area contributed by atoms with Gasteiger partial charge in [0.15, 0.2) is 0 Å². The van der Waals surface area contributed by atoms with Gasteiger partial charge in [-0.3, -0.25) is 4.98 Å². The molecule has 1 aromatic carbocycles. The maximum absolute atomic E-state index is 13.0. The summed E-state index contributed by atoms with van der Waals surface area (Å²) < 4.78 is 13.0. The molecule has 0 bridgehead atoms. The first kappa shape index (κ1) is 13.3. The number of nitrogens with zero attached hydrogens (tertiary/aromatic N) is 1. The minimum atomic E-state index is -0.403. The molecule has 2 aromatic rings. The largest absolute Gasteiger partial charge is 0.324 e. The number of rotatable bonds is 3. The molecule has 1 atom stereocenters. The van der Waals surface area contributed by atoms with E-state index in [4.69, 9.17) is 28.9 Å². The predicted molar refractivity (Wildman–Crippen MR) is 71.3 cm³/mol. The number of hydrogen-bond acceptors (Lipinski definition) is 2. The maximum Gasteiger partial charge on any atom is 0.141 e. The van der Waals surface area contributed by atoms with E-state index in [0.29, 0.717) is 22.0 Å². The summed E-state index contributed by atoms with van der Waals surface area (Å²) >= 11 is 12.0. The second-order valence-electron chi connectivity index (χ2n) is 3.96. The Morgan fingerprint density at radius 3 is 2.78 bits per heavy atom. The van der Waals surface area contributed by atoms with Crippen LogP contribution in [0.5, 0.6) is 0 Å². The van der Waals surface area contributed by atoms with Crippen LogP contribution in [0.25, 0.3) is 0 Å². The van der Waals surface area contributed by atoms with Crippen molar-refractivity contribution < 1.29 is 4.39 Å². The minimum absolute atomic E-state index is 0.371. The van der Waals surface area contributed by atoms with E-state index in [-0.39, 0.29) is 6.04 Å². The predicted octanol–water partition coefficient (Wildman–Crippen LogP) is 3.77. The third-order valence-electron chi connectivity index (χ3n) is 2.63. The molecule has 2 rings (SSSR count). The van der Waals surface area contributed by atoms with Gasteiger partial charge < -0.3 is 5.73 Å². The zero-order chi connectivity index (χ0) is 13.1. The van der Waals surface area contributed by atoms with Crippen molar-refractivity contribution >= 4 is 23.2 Å². The van der Waals surface area contributed by atoms with Crippen molar-refractivity contribution in [3.63, 3.8) is 0 Å². The number of benzene rings is 1. The van der Waals surface area contributed by atoms with Crippen LogP contribution in [0.3, 0.4) is 0 Å². The molecule has 0 fully saturated rings. The van der Waals surface area contributed by atoms with Crippen LogP contribution >= 0.6 is 23.2 Å². The highest BCUT2D eigenvalue weighted by molar-refractivity contribution is 6.42. The van der Waals surface area contributed by atoms with Crippen molar-refractivity contribution in [2.75, 3.05) is 0 Å². The summed E-state index contributed by atoms with van der Waals surface area (Å²) in [7, 11) is 0. The molecule has 2 nitrogen and oxygen atoms in total. The van der Waals surface area contributed by atoms with Crippen LogP contribution in [0.1, 0.15) is 17.2 Å². The van der Waals surface area contributed by atoms with Gasteiger partial charge in [-0.15, -0.1) is 0 Å². The molecule has 94 valence electrons. The van der Waals surface area contributed by atoms with Gasteiger partial charge in [0.2, 0.25) is 0 Å². The Kier molecular flexibility index (Phi) is 4.17. The van der Waals surface area contributed by atoms with Crippen molar-refractivity contribution in [1.82, 2.24) is 4.98 Å². The molecule has 0 aliphatic carbocycles. The number of aromatic nitrogens is 1. The summed E-state index contributed by atoms with van der Waals surface area (Å²) in [6.45, 7) is 0. The Bertz CT molecular complexity index is 560. The van der Waals surface area contributed by atoms with E-state index >= 15 is 0 Å². The Labute approximate surface area is 115 Å². The fourth-order valence-electron chi connectivity index (χ4n) is 1.69. The van der Waals surface area contributed by atoms with Gasteiger partial charge in [0.25, 0.3) is 0 Å². The van der Waals surface area contributed by atoms with E-state index in [9.17, 15) is 4.39 Å². The topological polar surface area (TPSA) is 38.9 Å². The fraction of sp³-hybridized carbons (Fsp3) is 0.154. The molecule has 1 aromatic heterocycles. The summed E-state index contributed by atoms with van der Waals surface area (Å²) in [5.74, 6) is -0.403. The van der Waals surface area contributed by atoms with E-state index in [2.05, 4.69) is 4.98 Å². The van der Waals surface area contributed by atoms with E-state index in [1.54, 1.807) is 18.3 Å². The monoisotopic (exact) mass is 284 g/mol. The molecule has 5 heteroatoms. The summed E-state index contributed by atoms with van der Waals surface area (Å²) in [5.41, 5.74) is 7.47. The highest BCUT2D eigenvalue weighted by atomic mass is 35.5. The molecule has 1 heterocycles. The van der Waals surface area contributed by atoms with Gasteiger partial charge in [-0.2, -0.15) is 0 Å². The summed E-state index contributed by atoms with van der Waals surface area (Å²) in [6, 6.07) is 6.36. The van der Waals surface area contributed by atoms with Gasteiger partial charge in [-0.1, -0.05) is 35.3 Å². The molecular weight excluding hydrogens is 274 g/mol. The molecule has 0 radical (unpaired) electrons. The third kappa shape index (κ3) is 2.99. The molecule has 0 aliphatic rings. The van der Waals surface area contributed by atoms with Crippen molar-refractivity contribution in [2.45, 2.75) is 12.5 Å². The van der Waals surface area contributed by atoms with E-state index in [1.165, 1.54) is 6.07 Å². The standard InChI is InChI=1S/C13H11Cl2FN2/c14-11-3-1-2-8(13(11)15)5-12(17)9-4-10(16)7-18-6-9/h1-4,6-7,12H,5,17H2. The summed E-state index contributed by atoms with van der Waals surface area (Å²) in [4.78, 5) is 3.77. The molecule has 0 aliphatic heterocycles. The van der Waals surface area contributed by atoms with E-state index in [1.807, 2.05) is 6.07 Å². The van der Waals surface area contributed by atoms with Gasteiger partial charge in [0.1, 0.15) is 5.82 Å². The highest BCUT2D eigenvalue weighted by Crippen LogP contribution is 2.28. The van der Waals surface area contributed by atoms with Crippen LogP contribution in [0.2, 0.25) is 10.0 Å². The quantitative estimate of drug-likeness (QED) is 0.932. The SMILES string of the molecule is NC(Cc1cccc(Cl)c1Cl)c1cncc(F)c1. The Morgan fingerprint density at radius 2 is 2.06 bits per heavy atom. The maximum atomic E-state index is 13.0. The normalized spacial score (nSPS) is 12.4. The average molecular weight is 285 g/mol. The van der Waals surface area contributed by atoms with Crippen LogP contribution in [-0.2, 0) is 6.42 Å². The lowest BCUT2D eigenvalue weighted by atomic mass is 10.0. The Hall–Kier alpha value is -1.16. The first-order chi connectivity index (χ1) is 8.58. The van der Waals surface area contributed by atoms with Gasteiger partial charge in [0, 0.05) is 12.2 Å². The average Bonchev–Trinajstić information content (AvgIpc) is 2.35. The molecule has 0 saturated heterocycles. The van der Waals surface area contributed by atoms with Crippen molar-refractivity contribution in [1.29, 1.82) is 0 Å². The van der Waals surface area contributed by atoms with Crippen molar-refractivity contribution in [2.24, 2.45) is 5.73 Å². The fourth-order valence-corrected chi connectivity index (χ4v) is 2.09. The lowest BCUT2D eigenvalue weighted by Crippen LogP contribution is -2.14. The summed E-state index contributed by atoms with van der Waals surface area (Å²) in [6.07, 6.45) is 3.17. The van der Waals surface area contributed by atoms with Crippen molar-refractivity contribution in [3.05, 3.63) is 63.6 Å². The number of pyridine rings is 1. The van der Waals surface area contributed by atoms with Crippen molar-refractivity contribution in [3.8, 4) is 0 Å². The second kappa shape index (κ2) is 5.65. The molecule has 0 amide bonds. The zero-order valence-corrected chi connectivity index (χ0v) is 10.9. The smallest absolute Gasteiger partial charge is 0.141 e. The number of halogens is 3. The first-order valence-corrected chi connectivity index (χ1v) is 6.12. The van der Waals surface area contributed by atoms with Gasteiger partial charge >= 0.3 is 0 Å². The lowest BCUT2D eigenvalue weighted by molar-refractivity contribution is 0.610.